The summed E-state index contributed by atoms with van der Waals surface area (Å²) in [6, 6.07) is 0. The van der Waals surface area contributed by atoms with Gasteiger partial charge in [-0.3, -0.25) is 0 Å². The minimum absolute atomic E-state index is 0. The van der Waals surface area contributed by atoms with Crippen LogP contribution in [0.25, 0.3) is 0 Å². The molecule has 0 aromatic heterocycles. The van der Waals surface area contributed by atoms with Gasteiger partial charge in [0.15, 0.2) is 0 Å². The summed E-state index contributed by atoms with van der Waals surface area (Å²) in [5.41, 5.74) is 0. The van der Waals surface area contributed by atoms with Crippen molar-refractivity contribution in [2.75, 3.05) is 13.2 Å². The zero-order valence-electron chi connectivity index (χ0n) is 10.4. The molecular formula is C11H23NO4S. The van der Waals surface area contributed by atoms with Crippen LogP contribution in [-0.2, 0) is 18.8 Å². The number of allylic oxidation sites excluding steroid dienone is 2. The first-order valence-electron chi connectivity index (χ1n) is 5.31. The molecule has 17 heavy (non-hydrogen) atoms. The summed E-state index contributed by atoms with van der Waals surface area (Å²) in [6.45, 7) is 9.12. The van der Waals surface area contributed by atoms with Crippen molar-refractivity contribution in [1.29, 1.82) is 0 Å². The Morgan fingerprint density at radius 1 is 1.18 bits per heavy atom. The molecule has 0 aliphatic heterocycles. The molecule has 0 amide bonds. The van der Waals surface area contributed by atoms with E-state index in [1.54, 1.807) is 6.92 Å². The molecule has 0 aromatic rings. The Balaban J connectivity index is 0. The predicted molar refractivity (Wildman–Crippen MR) is 69.3 cm³/mol. The Morgan fingerprint density at radius 3 is 2.12 bits per heavy atom. The quantitative estimate of drug-likeness (QED) is 0.613. The van der Waals surface area contributed by atoms with Gasteiger partial charge < -0.3 is 6.15 Å². The molecule has 5 nitrogen and oxygen atoms in total. The van der Waals surface area contributed by atoms with Gasteiger partial charge in [0.25, 0.3) is 0 Å². The second kappa shape index (κ2) is 10.5. The number of rotatable bonds is 10. The summed E-state index contributed by atoms with van der Waals surface area (Å²) in [5.74, 6) is 0.326. The normalized spacial score (nSPS) is 10.9. The lowest BCUT2D eigenvalue weighted by atomic mass is 9.98. The van der Waals surface area contributed by atoms with Crippen LogP contribution in [-0.4, -0.2) is 21.6 Å². The van der Waals surface area contributed by atoms with Crippen molar-refractivity contribution in [2.24, 2.45) is 5.92 Å². The zero-order chi connectivity index (χ0) is 12.4. The van der Waals surface area contributed by atoms with Crippen LogP contribution in [0.4, 0.5) is 0 Å². The van der Waals surface area contributed by atoms with E-state index in [0.29, 0.717) is 12.3 Å². The molecule has 0 atom stereocenters. The summed E-state index contributed by atoms with van der Waals surface area (Å²) in [6.07, 6.45) is 5.91. The van der Waals surface area contributed by atoms with Gasteiger partial charge in [-0.15, -0.1) is 13.2 Å². The molecule has 102 valence electrons. The monoisotopic (exact) mass is 265 g/mol. The van der Waals surface area contributed by atoms with Crippen LogP contribution in [0.5, 0.6) is 0 Å². The van der Waals surface area contributed by atoms with Gasteiger partial charge in [-0.1, -0.05) is 12.2 Å². The molecule has 0 fully saturated rings. The van der Waals surface area contributed by atoms with Gasteiger partial charge in [0.2, 0.25) is 0 Å². The van der Waals surface area contributed by atoms with Crippen LogP contribution in [0.2, 0.25) is 0 Å². The van der Waals surface area contributed by atoms with E-state index in [9.17, 15) is 8.42 Å². The maximum atomic E-state index is 11.0. The molecule has 0 unspecified atom stereocenters. The van der Waals surface area contributed by atoms with Crippen molar-refractivity contribution >= 4 is 10.4 Å². The van der Waals surface area contributed by atoms with E-state index in [1.165, 1.54) is 0 Å². The Bertz CT molecular complexity index is 291. The van der Waals surface area contributed by atoms with Crippen LogP contribution in [0, 0.1) is 5.92 Å². The van der Waals surface area contributed by atoms with Crippen molar-refractivity contribution in [3.8, 4) is 0 Å². The maximum absolute atomic E-state index is 11.0. The first kappa shape index (κ1) is 18.7. The minimum atomic E-state index is -3.81. The van der Waals surface area contributed by atoms with Crippen molar-refractivity contribution in [1.82, 2.24) is 6.15 Å². The molecule has 0 aromatic carbocycles. The molecule has 6 heteroatoms. The van der Waals surface area contributed by atoms with Crippen LogP contribution >= 0.6 is 0 Å². The SMILES string of the molecule is C=CCC(CC=C)CCOS(=O)(=O)OCC.N. The van der Waals surface area contributed by atoms with E-state index in [-0.39, 0.29) is 19.4 Å². The van der Waals surface area contributed by atoms with E-state index in [2.05, 4.69) is 21.5 Å². The van der Waals surface area contributed by atoms with Crippen molar-refractivity contribution < 1.29 is 16.8 Å². The van der Waals surface area contributed by atoms with Gasteiger partial charge in [0.05, 0.1) is 13.2 Å². The molecular weight excluding hydrogens is 242 g/mol. The Labute approximate surface area is 104 Å². The highest BCUT2D eigenvalue weighted by molar-refractivity contribution is 7.81. The van der Waals surface area contributed by atoms with E-state index in [1.807, 2.05) is 12.2 Å². The zero-order valence-corrected chi connectivity index (χ0v) is 11.2. The topological polar surface area (TPSA) is 87.6 Å². The van der Waals surface area contributed by atoms with Gasteiger partial charge in [-0.25, -0.2) is 8.37 Å². The largest absolute Gasteiger partial charge is 0.399 e. The van der Waals surface area contributed by atoms with Gasteiger partial charge >= 0.3 is 10.4 Å². The van der Waals surface area contributed by atoms with Crippen molar-refractivity contribution in [3.63, 3.8) is 0 Å². The Morgan fingerprint density at radius 2 is 1.71 bits per heavy atom. The summed E-state index contributed by atoms with van der Waals surface area (Å²) in [5, 5.41) is 0. The molecule has 0 rings (SSSR count). The molecule has 0 heterocycles. The van der Waals surface area contributed by atoms with Crippen LogP contribution in [0.3, 0.4) is 0 Å². The molecule has 3 N–H and O–H groups in total. The third-order valence-electron chi connectivity index (χ3n) is 2.02. The second-order valence-electron chi connectivity index (χ2n) is 3.34. The lowest BCUT2D eigenvalue weighted by Crippen LogP contribution is -2.13. The van der Waals surface area contributed by atoms with Gasteiger partial charge in [-0.2, -0.15) is 8.42 Å². The first-order valence-corrected chi connectivity index (χ1v) is 6.64. The Kier molecular flexibility index (Phi) is 11.5. The lowest BCUT2D eigenvalue weighted by Gasteiger charge is -2.12. The van der Waals surface area contributed by atoms with E-state index < -0.39 is 10.4 Å². The van der Waals surface area contributed by atoms with Crippen LogP contribution in [0.1, 0.15) is 26.2 Å². The minimum Gasteiger partial charge on any atom is -0.344 e. The van der Waals surface area contributed by atoms with E-state index >= 15 is 0 Å². The summed E-state index contributed by atoms with van der Waals surface area (Å²) in [7, 11) is -3.81. The number of hydrogen-bond acceptors (Lipinski definition) is 5. The second-order valence-corrected chi connectivity index (χ2v) is 4.63. The third-order valence-corrected chi connectivity index (χ3v) is 3.00. The van der Waals surface area contributed by atoms with E-state index in [4.69, 9.17) is 0 Å². The standard InChI is InChI=1S/C11H20O4S.H3N/c1-4-7-11(8-5-2)9-10-15-16(12,13)14-6-3;/h4-5,11H,1-2,6-10H2,3H3;1H3. The molecule has 0 aliphatic carbocycles. The highest BCUT2D eigenvalue weighted by Gasteiger charge is 2.12. The average Bonchev–Trinajstić information content (AvgIpc) is 2.18. The summed E-state index contributed by atoms with van der Waals surface area (Å²) in [4.78, 5) is 0. The maximum Gasteiger partial charge on any atom is 0.399 e. The fourth-order valence-electron chi connectivity index (χ4n) is 1.30. The molecule has 0 saturated carbocycles. The van der Waals surface area contributed by atoms with Gasteiger partial charge in [0, 0.05) is 0 Å². The predicted octanol–water partition coefficient (Wildman–Crippen LogP) is 2.60. The molecule has 0 radical (unpaired) electrons. The Hall–Kier alpha value is -0.690. The van der Waals surface area contributed by atoms with Gasteiger partial charge in [0.1, 0.15) is 0 Å². The lowest BCUT2D eigenvalue weighted by molar-refractivity contribution is 0.209. The summed E-state index contributed by atoms with van der Waals surface area (Å²) < 4.78 is 31.2. The highest BCUT2D eigenvalue weighted by Crippen LogP contribution is 2.15. The van der Waals surface area contributed by atoms with Gasteiger partial charge in [-0.05, 0) is 32.1 Å². The van der Waals surface area contributed by atoms with Crippen LogP contribution in [0.15, 0.2) is 25.3 Å². The smallest absolute Gasteiger partial charge is 0.344 e. The van der Waals surface area contributed by atoms with E-state index in [0.717, 1.165) is 12.8 Å². The molecule has 0 saturated heterocycles. The first-order chi connectivity index (χ1) is 7.55. The molecule has 0 aliphatic rings. The van der Waals surface area contributed by atoms with Crippen molar-refractivity contribution in [3.05, 3.63) is 25.3 Å². The summed E-state index contributed by atoms with van der Waals surface area (Å²) >= 11 is 0. The fourth-order valence-corrected chi connectivity index (χ4v) is 1.96. The third kappa shape index (κ3) is 10.2. The van der Waals surface area contributed by atoms with Crippen molar-refractivity contribution in [2.45, 2.75) is 26.2 Å². The highest BCUT2D eigenvalue weighted by atomic mass is 32.3. The van der Waals surface area contributed by atoms with Crippen LogP contribution < -0.4 is 6.15 Å². The molecule has 0 bridgehead atoms. The fraction of sp³-hybridized carbons (Fsp3) is 0.636. The number of hydrogen-bond donors (Lipinski definition) is 1. The molecule has 0 spiro atoms. The average molecular weight is 265 g/mol.